The first kappa shape index (κ1) is 14.0. The summed E-state index contributed by atoms with van der Waals surface area (Å²) in [7, 11) is 4.43. The van der Waals surface area contributed by atoms with Crippen molar-refractivity contribution in [1.29, 1.82) is 0 Å². The standard InChI is InChI=1S/C14H30N2/c1-6-14(11(2)3)15-12-8-7-9-13(10-12)16(4)5/h11-15H,6-10H2,1-5H3. The molecule has 2 nitrogen and oxygen atoms in total. The maximum absolute atomic E-state index is 3.86. The van der Waals surface area contributed by atoms with Gasteiger partial charge in [0.1, 0.15) is 0 Å². The van der Waals surface area contributed by atoms with Gasteiger partial charge in [0.15, 0.2) is 0 Å². The van der Waals surface area contributed by atoms with E-state index in [1.807, 2.05) is 0 Å². The molecule has 3 unspecified atom stereocenters. The van der Waals surface area contributed by atoms with Crippen molar-refractivity contribution in [3.05, 3.63) is 0 Å². The van der Waals surface area contributed by atoms with Gasteiger partial charge >= 0.3 is 0 Å². The summed E-state index contributed by atoms with van der Waals surface area (Å²) in [5.74, 6) is 0.754. The van der Waals surface area contributed by atoms with Gasteiger partial charge in [0.05, 0.1) is 0 Å². The van der Waals surface area contributed by atoms with Crippen LogP contribution < -0.4 is 5.32 Å². The summed E-state index contributed by atoms with van der Waals surface area (Å²) in [4.78, 5) is 2.39. The van der Waals surface area contributed by atoms with E-state index in [0.29, 0.717) is 6.04 Å². The van der Waals surface area contributed by atoms with Crippen molar-refractivity contribution in [2.45, 2.75) is 71.0 Å². The second-order valence-electron chi connectivity index (χ2n) is 5.91. The van der Waals surface area contributed by atoms with Gasteiger partial charge in [-0.3, -0.25) is 0 Å². The topological polar surface area (TPSA) is 15.3 Å². The molecule has 1 N–H and O–H groups in total. The second kappa shape index (κ2) is 6.61. The largest absolute Gasteiger partial charge is 0.311 e. The van der Waals surface area contributed by atoms with E-state index in [1.165, 1.54) is 32.1 Å². The number of hydrogen-bond donors (Lipinski definition) is 1. The molecule has 0 radical (unpaired) electrons. The lowest BCUT2D eigenvalue weighted by atomic mass is 9.88. The predicted octanol–water partition coefficient (Wildman–Crippen LogP) is 2.88. The minimum Gasteiger partial charge on any atom is -0.311 e. The van der Waals surface area contributed by atoms with E-state index in [2.05, 4.69) is 45.1 Å². The van der Waals surface area contributed by atoms with Gasteiger partial charge in [-0.15, -0.1) is 0 Å². The fraction of sp³-hybridized carbons (Fsp3) is 1.00. The van der Waals surface area contributed by atoms with E-state index in [1.54, 1.807) is 0 Å². The summed E-state index contributed by atoms with van der Waals surface area (Å²) in [6, 6.07) is 2.23. The van der Waals surface area contributed by atoms with E-state index in [9.17, 15) is 0 Å². The van der Waals surface area contributed by atoms with Crippen LogP contribution in [0.15, 0.2) is 0 Å². The molecule has 0 aromatic heterocycles. The second-order valence-corrected chi connectivity index (χ2v) is 5.91. The first-order chi connectivity index (χ1) is 7.54. The average Bonchev–Trinajstić information content (AvgIpc) is 2.25. The van der Waals surface area contributed by atoms with Crippen LogP contribution in [0.2, 0.25) is 0 Å². The van der Waals surface area contributed by atoms with Gasteiger partial charge in [-0.2, -0.15) is 0 Å². The molecular weight excluding hydrogens is 196 g/mol. The van der Waals surface area contributed by atoms with Crippen LogP contribution in [0.3, 0.4) is 0 Å². The molecule has 0 aromatic carbocycles. The maximum atomic E-state index is 3.86. The number of nitrogens with zero attached hydrogens (tertiary/aromatic N) is 1. The van der Waals surface area contributed by atoms with E-state index in [4.69, 9.17) is 0 Å². The van der Waals surface area contributed by atoms with E-state index in [0.717, 1.165) is 18.0 Å². The third-order valence-corrected chi connectivity index (χ3v) is 4.07. The monoisotopic (exact) mass is 226 g/mol. The molecule has 0 aliphatic heterocycles. The summed E-state index contributed by atoms with van der Waals surface area (Å²) in [6.07, 6.45) is 6.71. The number of rotatable bonds is 5. The molecule has 1 aliphatic carbocycles. The van der Waals surface area contributed by atoms with Crippen molar-refractivity contribution in [3.8, 4) is 0 Å². The van der Waals surface area contributed by atoms with Gasteiger partial charge in [0.25, 0.3) is 0 Å². The summed E-state index contributed by atoms with van der Waals surface area (Å²) < 4.78 is 0. The summed E-state index contributed by atoms with van der Waals surface area (Å²) in [6.45, 7) is 6.95. The summed E-state index contributed by atoms with van der Waals surface area (Å²) in [5.41, 5.74) is 0. The number of hydrogen-bond acceptors (Lipinski definition) is 2. The van der Waals surface area contributed by atoms with E-state index in [-0.39, 0.29) is 0 Å². The first-order valence-electron chi connectivity index (χ1n) is 6.97. The van der Waals surface area contributed by atoms with Crippen LogP contribution in [-0.2, 0) is 0 Å². The quantitative estimate of drug-likeness (QED) is 0.775. The predicted molar refractivity (Wildman–Crippen MR) is 71.8 cm³/mol. The molecule has 2 heteroatoms. The minimum absolute atomic E-state index is 0.700. The Labute approximate surface area is 102 Å². The van der Waals surface area contributed by atoms with E-state index >= 15 is 0 Å². The van der Waals surface area contributed by atoms with Crippen LogP contribution in [0.25, 0.3) is 0 Å². The third kappa shape index (κ3) is 4.06. The van der Waals surface area contributed by atoms with Crippen LogP contribution in [0, 0.1) is 5.92 Å². The van der Waals surface area contributed by atoms with Gasteiger partial charge in [-0.1, -0.05) is 27.2 Å². The van der Waals surface area contributed by atoms with Crippen molar-refractivity contribution < 1.29 is 0 Å². The van der Waals surface area contributed by atoms with Crippen LogP contribution in [0.4, 0.5) is 0 Å². The Morgan fingerprint density at radius 2 is 1.94 bits per heavy atom. The molecule has 96 valence electrons. The SMILES string of the molecule is CCC(NC1CCCC(N(C)C)C1)C(C)C. The van der Waals surface area contributed by atoms with E-state index < -0.39 is 0 Å². The van der Waals surface area contributed by atoms with Crippen molar-refractivity contribution in [3.63, 3.8) is 0 Å². The maximum Gasteiger partial charge on any atom is 0.0104 e. The molecule has 1 aliphatic rings. The Morgan fingerprint density at radius 3 is 2.44 bits per heavy atom. The highest BCUT2D eigenvalue weighted by Crippen LogP contribution is 2.23. The normalized spacial score (nSPS) is 28.7. The molecule has 1 fully saturated rings. The van der Waals surface area contributed by atoms with Gasteiger partial charge in [0.2, 0.25) is 0 Å². The Bertz CT molecular complexity index is 189. The average molecular weight is 226 g/mol. The lowest BCUT2D eigenvalue weighted by molar-refractivity contribution is 0.184. The summed E-state index contributed by atoms with van der Waals surface area (Å²) in [5, 5.41) is 3.86. The highest BCUT2D eigenvalue weighted by molar-refractivity contribution is 4.84. The minimum atomic E-state index is 0.700. The van der Waals surface area contributed by atoms with Crippen LogP contribution in [0.1, 0.15) is 52.9 Å². The van der Waals surface area contributed by atoms with Crippen molar-refractivity contribution >= 4 is 0 Å². The Kier molecular flexibility index (Phi) is 5.77. The number of nitrogens with one attached hydrogen (secondary N) is 1. The van der Waals surface area contributed by atoms with Crippen molar-refractivity contribution in [1.82, 2.24) is 10.2 Å². The zero-order valence-electron chi connectivity index (χ0n) is 11.8. The van der Waals surface area contributed by atoms with Crippen LogP contribution >= 0.6 is 0 Å². The Balaban J connectivity index is 2.41. The molecule has 0 amide bonds. The molecule has 0 spiro atoms. The highest BCUT2D eigenvalue weighted by atomic mass is 15.1. The molecule has 3 atom stereocenters. The first-order valence-corrected chi connectivity index (χ1v) is 6.97. The summed E-state index contributed by atoms with van der Waals surface area (Å²) >= 11 is 0. The fourth-order valence-corrected chi connectivity index (χ4v) is 2.87. The molecule has 1 saturated carbocycles. The molecule has 0 bridgehead atoms. The Hall–Kier alpha value is -0.0800. The van der Waals surface area contributed by atoms with Crippen molar-refractivity contribution in [2.75, 3.05) is 14.1 Å². The lowest BCUT2D eigenvalue weighted by Crippen LogP contribution is -2.46. The zero-order valence-corrected chi connectivity index (χ0v) is 11.8. The molecule has 0 saturated heterocycles. The van der Waals surface area contributed by atoms with Crippen LogP contribution in [-0.4, -0.2) is 37.1 Å². The van der Waals surface area contributed by atoms with Crippen molar-refractivity contribution in [2.24, 2.45) is 5.92 Å². The van der Waals surface area contributed by atoms with Crippen LogP contribution in [0.5, 0.6) is 0 Å². The highest BCUT2D eigenvalue weighted by Gasteiger charge is 2.25. The van der Waals surface area contributed by atoms with Gasteiger partial charge in [0, 0.05) is 18.1 Å². The van der Waals surface area contributed by atoms with Gasteiger partial charge < -0.3 is 10.2 Å². The van der Waals surface area contributed by atoms with Gasteiger partial charge in [-0.05, 0) is 45.7 Å². The zero-order chi connectivity index (χ0) is 12.1. The molecular formula is C14H30N2. The lowest BCUT2D eigenvalue weighted by Gasteiger charge is -2.36. The smallest absolute Gasteiger partial charge is 0.0104 e. The Morgan fingerprint density at radius 1 is 1.25 bits per heavy atom. The molecule has 0 heterocycles. The third-order valence-electron chi connectivity index (χ3n) is 4.07. The fourth-order valence-electron chi connectivity index (χ4n) is 2.87. The molecule has 0 aromatic rings. The molecule has 1 rings (SSSR count). The molecule has 16 heavy (non-hydrogen) atoms. The van der Waals surface area contributed by atoms with Gasteiger partial charge in [-0.25, -0.2) is 0 Å².